The monoisotopic (exact) mass is 235 g/mol. The Balaban J connectivity index is 2.18. The highest BCUT2D eigenvalue weighted by Crippen LogP contribution is 2.40. The minimum absolute atomic E-state index is 0.0820. The van der Waals surface area contributed by atoms with Crippen LogP contribution in [0, 0.1) is 5.92 Å². The van der Waals surface area contributed by atoms with Crippen molar-refractivity contribution in [3.8, 4) is 0 Å². The van der Waals surface area contributed by atoms with Crippen molar-refractivity contribution in [3.05, 3.63) is 0 Å². The van der Waals surface area contributed by atoms with Gasteiger partial charge in [-0.25, -0.2) is 8.37 Å². The second-order valence-electron chi connectivity index (χ2n) is 4.42. The van der Waals surface area contributed by atoms with Gasteiger partial charge >= 0.3 is 10.4 Å². The summed E-state index contributed by atoms with van der Waals surface area (Å²) in [6.45, 7) is 1.65. The first-order valence-corrected chi connectivity index (χ1v) is 6.70. The van der Waals surface area contributed by atoms with Crippen molar-refractivity contribution in [1.29, 1.82) is 0 Å². The van der Waals surface area contributed by atoms with Crippen LogP contribution in [0.5, 0.6) is 0 Å². The third-order valence-electron chi connectivity index (χ3n) is 3.39. The van der Waals surface area contributed by atoms with E-state index in [1.165, 1.54) is 6.42 Å². The Bertz CT molecular complexity index is 336. The van der Waals surface area contributed by atoms with Gasteiger partial charge in [-0.15, -0.1) is 0 Å². The summed E-state index contributed by atoms with van der Waals surface area (Å²) in [5, 5.41) is 0. The summed E-state index contributed by atoms with van der Waals surface area (Å²) in [7, 11) is -3.88. The first-order chi connectivity index (χ1) is 6.94. The second-order valence-corrected chi connectivity index (χ2v) is 5.59. The van der Waals surface area contributed by atoms with Gasteiger partial charge in [0.2, 0.25) is 0 Å². The molecule has 0 aromatic heterocycles. The zero-order valence-corrected chi connectivity index (χ0v) is 9.63. The third-order valence-corrected chi connectivity index (χ3v) is 4.40. The van der Waals surface area contributed by atoms with Crippen LogP contribution in [0.15, 0.2) is 0 Å². The quantitative estimate of drug-likeness (QED) is 0.730. The first-order valence-electron chi connectivity index (χ1n) is 5.37. The van der Waals surface area contributed by atoms with Crippen LogP contribution in [-0.4, -0.2) is 20.2 Å². The molecule has 0 spiro atoms. The lowest BCUT2D eigenvalue weighted by Crippen LogP contribution is -2.54. The zero-order chi connectivity index (χ0) is 11.1. The largest absolute Gasteiger partial charge is 0.402 e. The number of nitrogens with two attached hydrogens (primary N) is 1. The van der Waals surface area contributed by atoms with Crippen molar-refractivity contribution < 1.29 is 16.8 Å². The predicted molar refractivity (Wildman–Crippen MR) is 54.0 cm³/mol. The summed E-state index contributed by atoms with van der Waals surface area (Å²) < 4.78 is 32.0. The average molecular weight is 235 g/mol. The lowest BCUT2D eigenvalue weighted by Gasteiger charge is -2.35. The molecule has 0 bridgehead atoms. The zero-order valence-electron chi connectivity index (χ0n) is 8.81. The number of hydrogen-bond acceptors (Lipinski definition) is 5. The molecule has 2 atom stereocenters. The van der Waals surface area contributed by atoms with Gasteiger partial charge in [0.1, 0.15) is 6.10 Å². The fourth-order valence-corrected chi connectivity index (χ4v) is 3.64. The summed E-state index contributed by atoms with van der Waals surface area (Å²) in [5.41, 5.74) is 4.87. The molecule has 1 heterocycles. The molecule has 2 N–H and O–H groups in total. The van der Waals surface area contributed by atoms with Crippen molar-refractivity contribution in [2.75, 3.05) is 0 Å². The normalized spacial score (nSPS) is 41.9. The van der Waals surface area contributed by atoms with E-state index in [9.17, 15) is 8.42 Å². The lowest BCUT2D eigenvalue weighted by atomic mass is 9.80. The summed E-state index contributed by atoms with van der Waals surface area (Å²) in [6, 6.07) is 0. The maximum absolute atomic E-state index is 11.2. The van der Waals surface area contributed by atoms with Gasteiger partial charge in [-0.2, -0.15) is 8.42 Å². The van der Waals surface area contributed by atoms with Gasteiger partial charge in [-0.1, -0.05) is 19.3 Å². The molecule has 0 amide bonds. The molecule has 2 rings (SSSR count). The van der Waals surface area contributed by atoms with Gasteiger partial charge in [0.05, 0.1) is 0 Å². The molecular weight excluding hydrogens is 218 g/mol. The highest BCUT2D eigenvalue weighted by atomic mass is 32.3. The standard InChI is InChI=1S/C9H17NO4S/c1-7-9(10,14-15(11,12)13-7)8-5-3-2-4-6-8/h7-8H,2-6,10H2,1H3. The Hall–Kier alpha value is -0.170. The second kappa shape index (κ2) is 3.69. The van der Waals surface area contributed by atoms with Gasteiger partial charge in [-0.05, 0) is 19.8 Å². The molecule has 5 nitrogen and oxygen atoms in total. The van der Waals surface area contributed by atoms with E-state index in [-0.39, 0.29) is 5.92 Å². The van der Waals surface area contributed by atoms with Crippen LogP contribution < -0.4 is 5.73 Å². The van der Waals surface area contributed by atoms with Crippen LogP contribution in [0.2, 0.25) is 0 Å². The van der Waals surface area contributed by atoms with Crippen molar-refractivity contribution in [3.63, 3.8) is 0 Å². The molecule has 15 heavy (non-hydrogen) atoms. The molecule has 1 aliphatic carbocycles. The van der Waals surface area contributed by atoms with Crippen LogP contribution in [0.3, 0.4) is 0 Å². The highest BCUT2D eigenvalue weighted by Gasteiger charge is 2.53. The molecule has 2 aliphatic rings. The molecule has 2 unspecified atom stereocenters. The maximum atomic E-state index is 11.2. The minimum atomic E-state index is -3.88. The van der Waals surface area contributed by atoms with Crippen molar-refractivity contribution in [2.45, 2.75) is 50.9 Å². The Morgan fingerprint density at radius 3 is 2.33 bits per heavy atom. The lowest BCUT2D eigenvalue weighted by molar-refractivity contribution is -0.0201. The van der Waals surface area contributed by atoms with Crippen molar-refractivity contribution in [1.82, 2.24) is 0 Å². The predicted octanol–water partition coefficient (Wildman–Crippen LogP) is 0.902. The maximum Gasteiger partial charge on any atom is 0.402 e. The number of rotatable bonds is 1. The molecule has 0 aromatic carbocycles. The average Bonchev–Trinajstić information content (AvgIpc) is 2.38. The molecule has 1 aliphatic heterocycles. The smallest absolute Gasteiger partial charge is 0.300 e. The van der Waals surface area contributed by atoms with Crippen molar-refractivity contribution in [2.24, 2.45) is 11.7 Å². The molecule has 88 valence electrons. The summed E-state index contributed by atoms with van der Waals surface area (Å²) in [4.78, 5) is 0. The molecular formula is C9H17NO4S. The molecule has 1 saturated carbocycles. The van der Waals surface area contributed by atoms with Crippen LogP contribution in [0.25, 0.3) is 0 Å². The van der Waals surface area contributed by atoms with E-state index in [4.69, 9.17) is 14.1 Å². The van der Waals surface area contributed by atoms with Gasteiger partial charge in [0, 0.05) is 5.92 Å². The molecule has 1 saturated heterocycles. The molecule has 0 aromatic rings. The van der Waals surface area contributed by atoms with E-state index in [1.807, 2.05) is 0 Å². The summed E-state index contributed by atoms with van der Waals surface area (Å²) in [5.74, 6) is 0.0820. The van der Waals surface area contributed by atoms with E-state index < -0.39 is 22.2 Å². The number of hydrogen-bond donors (Lipinski definition) is 1. The molecule has 6 heteroatoms. The Kier molecular flexibility index (Phi) is 2.79. The summed E-state index contributed by atoms with van der Waals surface area (Å²) >= 11 is 0. The van der Waals surface area contributed by atoms with E-state index in [0.29, 0.717) is 0 Å². The molecule has 2 fully saturated rings. The Morgan fingerprint density at radius 2 is 1.87 bits per heavy atom. The summed E-state index contributed by atoms with van der Waals surface area (Å²) in [6.07, 6.45) is 4.60. The topological polar surface area (TPSA) is 78.6 Å². The Morgan fingerprint density at radius 1 is 1.27 bits per heavy atom. The van der Waals surface area contributed by atoms with Crippen LogP contribution in [0.4, 0.5) is 0 Å². The van der Waals surface area contributed by atoms with Crippen LogP contribution in [0.1, 0.15) is 39.0 Å². The third kappa shape index (κ3) is 2.04. The fraction of sp³-hybridized carbons (Fsp3) is 1.00. The van der Waals surface area contributed by atoms with E-state index in [1.54, 1.807) is 6.92 Å². The van der Waals surface area contributed by atoms with E-state index >= 15 is 0 Å². The van der Waals surface area contributed by atoms with E-state index in [0.717, 1.165) is 25.7 Å². The van der Waals surface area contributed by atoms with Gasteiger partial charge in [0.15, 0.2) is 5.72 Å². The SMILES string of the molecule is CC1OS(=O)(=O)OC1(N)C1CCCCC1. The van der Waals surface area contributed by atoms with Crippen LogP contribution in [-0.2, 0) is 18.8 Å². The Labute approximate surface area is 90.3 Å². The van der Waals surface area contributed by atoms with Gasteiger partial charge in [-0.3, -0.25) is 5.73 Å². The van der Waals surface area contributed by atoms with Crippen LogP contribution >= 0.6 is 0 Å². The first kappa shape index (κ1) is 11.3. The highest BCUT2D eigenvalue weighted by molar-refractivity contribution is 7.82. The van der Waals surface area contributed by atoms with Gasteiger partial charge in [0.25, 0.3) is 0 Å². The minimum Gasteiger partial charge on any atom is -0.300 e. The fourth-order valence-electron chi connectivity index (χ4n) is 2.47. The molecule has 0 radical (unpaired) electrons. The van der Waals surface area contributed by atoms with Crippen molar-refractivity contribution >= 4 is 10.4 Å². The van der Waals surface area contributed by atoms with E-state index in [2.05, 4.69) is 0 Å². The van der Waals surface area contributed by atoms with Gasteiger partial charge < -0.3 is 0 Å².